The molecule has 116 valence electrons. The standard InChI is InChI=1S/2C9H10O2/c2*10-8-3-4-9-7(6-8)2-1-5-11-9/h2*3-4,6,10H,1-2,5H2. The molecule has 2 N–H and O–H groups in total. The number of phenols is 2. The predicted molar refractivity (Wildman–Crippen MR) is 83.8 cm³/mol. The summed E-state index contributed by atoms with van der Waals surface area (Å²) >= 11 is 0. The minimum absolute atomic E-state index is 0.328. The summed E-state index contributed by atoms with van der Waals surface area (Å²) in [5.74, 6) is 2.51. The van der Waals surface area contributed by atoms with Gasteiger partial charge < -0.3 is 19.7 Å². The third-order valence-corrected chi connectivity index (χ3v) is 3.78. The van der Waals surface area contributed by atoms with Gasteiger partial charge in [0.05, 0.1) is 13.2 Å². The first-order valence-corrected chi connectivity index (χ1v) is 7.62. The molecule has 4 rings (SSSR count). The van der Waals surface area contributed by atoms with Gasteiger partial charge in [0.1, 0.15) is 23.0 Å². The van der Waals surface area contributed by atoms with Crippen molar-refractivity contribution >= 4 is 0 Å². The molecule has 0 amide bonds. The second kappa shape index (κ2) is 6.60. The van der Waals surface area contributed by atoms with Gasteiger partial charge in [0.15, 0.2) is 0 Å². The van der Waals surface area contributed by atoms with Crippen molar-refractivity contribution in [1.29, 1.82) is 0 Å². The lowest BCUT2D eigenvalue weighted by atomic mass is 10.1. The van der Waals surface area contributed by atoms with E-state index in [4.69, 9.17) is 19.7 Å². The molecule has 22 heavy (non-hydrogen) atoms. The molecule has 4 heteroatoms. The third-order valence-electron chi connectivity index (χ3n) is 3.78. The molecular weight excluding hydrogens is 280 g/mol. The molecule has 0 unspecified atom stereocenters. The number of rotatable bonds is 0. The van der Waals surface area contributed by atoms with Crippen molar-refractivity contribution in [2.24, 2.45) is 0 Å². The second-order valence-electron chi connectivity index (χ2n) is 5.49. The van der Waals surface area contributed by atoms with Gasteiger partial charge in [-0.15, -0.1) is 0 Å². The lowest BCUT2D eigenvalue weighted by Gasteiger charge is -2.16. The van der Waals surface area contributed by atoms with Gasteiger partial charge in [-0.1, -0.05) is 0 Å². The van der Waals surface area contributed by atoms with Crippen molar-refractivity contribution in [2.45, 2.75) is 25.7 Å². The van der Waals surface area contributed by atoms with Crippen LogP contribution in [0, 0.1) is 0 Å². The lowest BCUT2D eigenvalue weighted by Crippen LogP contribution is -2.07. The Labute approximate surface area is 129 Å². The molecule has 2 aliphatic rings. The number of hydrogen-bond acceptors (Lipinski definition) is 4. The van der Waals surface area contributed by atoms with Crippen LogP contribution in [0.1, 0.15) is 24.0 Å². The highest BCUT2D eigenvalue weighted by atomic mass is 16.5. The summed E-state index contributed by atoms with van der Waals surface area (Å²) in [7, 11) is 0. The topological polar surface area (TPSA) is 58.9 Å². The van der Waals surface area contributed by atoms with Crippen LogP contribution in [-0.4, -0.2) is 23.4 Å². The number of hydrogen-bond donors (Lipinski definition) is 2. The van der Waals surface area contributed by atoms with E-state index >= 15 is 0 Å². The van der Waals surface area contributed by atoms with Crippen LogP contribution >= 0.6 is 0 Å². The molecule has 2 aromatic carbocycles. The number of phenolic OH excluding ortho intramolecular Hbond substituents is 2. The van der Waals surface area contributed by atoms with E-state index in [1.807, 2.05) is 12.1 Å². The summed E-state index contributed by atoms with van der Waals surface area (Å²) in [6.45, 7) is 1.61. The van der Waals surface area contributed by atoms with Gasteiger partial charge in [0.2, 0.25) is 0 Å². The van der Waals surface area contributed by atoms with Gasteiger partial charge in [0.25, 0.3) is 0 Å². The molecule has 4 nitrogen and oxygen atoms in total. The Morgan fingerprint density at radius 1 is 0.682 bits per heavy atom. The summed E-state index contributed by atoms with van der Waals surface area (Å²) in [6.07, 6.45) is 4.14. The maximum absolute atomic E-state index is 9.13. The molecule has 2 heterocycles. The molecule has 0 spiro atoms. The molecule has 0 fully saturated rings. The molecule has 2 aromatic rings. The summed E-state index contributed by atoms with van der Waals surface area (Å²) < 4.78 is 10.7. The average molecular weight is 300 g/mol. The molecule has 0 bridgehead atoms. The summed E-state index contributed by atoms with van der Waals surface area (Å²) in [5, 5.41) is 18.3. The first-order valence-electron chi connectivity index (χ1n) is 7.62. The van der Waals surface area contributed by atoms with E-state index in [1.54, 1.807) is 24.3 Å². The highest BCUT2D eigenvalue weighted by Crippen LogP contribution is 2.28. The Kier molecular flexibility index (Phi) is 4.37. The van der Waals surface area contributed by atoms with E-state index in [9.17, 15) is 0 Å². The fourth-order valence-electron chi connectivity index (χ4n) is 2.69. The van der Waals surface area contributed by atoms with E-state index in [1.165, 1.54) is 0 Å². The van der Waals surface area contributed by atoms with Crippen LogP contribution in [0.25, 0.3) is 0 Å². The van der Waals surface area contributed by atoms with Crippen LogP contribution in [0.2, 0.25) is 0 Å². The largest absolute Gasteiger partial charge is 0.508 e. The fraction of sp³-hybridized carbons (Fsp3) is 0.333. The minimum Gasteiger partial charge on any atom is -0.508 e. The zero-order chi connectivity index (χ0) is 15.4. The average Bonchev–Trinajstić information content (AvgIpc) is 2.55. The first-order chi connectivity index (χ1) is 10.7. The Morgan fingerprint density at radius 3 is 1.59 bits per heavy atom. The predicted octanol–water partition coefficient (Wildman–Crippen LogP) is 3.43. The number of aryl methyl sites for hydroxylation is 2. The summed E-state index contributed by atoms with van der Waals surface area (Å²) in [6, 6.07) is 10.5. The highest BCUT2D eigenvalue weighted by Gasteiger charge is 2.10. The Balaban J connectivity index is 0.000000131. The Morgan fingerprint density at radius 2 is 1.14 bits per heavy atom. The summed E-state index contributed by atoms with van der Waals surface area (Å²) in [5.41, 5.74) is 2.24. The van der Waals surface area contributed by atoms with Crippen LogP contribution in [0.15, 0.2) is 36.4 Å². The van der Waals surface area contributed by atoms with Gasteiger partial charge in [-0.25, -0.2) is 0 Å². The van der Waals surface area contributed by atoms with Crippen molar-refractivity contribution < 1.29 is 19.7 Å². The van der Waals surface area contributed by atoms with E-state index < -0.39 is 0 Å². The molecule has 2 aliphatic heterocycles. The van der Waals surface area contributed by atoms with Crippen LogP contribution in [0.4, 0.5) is 0 Å². The van der Waals surface area contributed by atoms with Crippen molar-refractivity contribution in [1.82, 2.24) is 0 Å². The second-order valence-corrected chi connectivity index (χ2v) is 5.49. The minimum atomic E-state index is 0.328. The van der Waals surface area contributed by atoms with Crippen LogP contribution in [0.3, 0.4) is 0 Å². The number of ether oxygens (including phenoxy) is 2. The maximum atomic E-state index is 9.13. The van der Waals surface area contributed by atoms with E-state index in [2.05, 4.69) is 0 Å². The van der Waals surface area contributed by atoms with E-state index in [-0.39, 0.29) is 0 Å². The number of aromatic hydroxyl groups is 2. The lowest BCUT2D eigenvalue weighted by molar-refractivity contribution is 0.287. The SMILES string of the molecule is Oc1ccc2c(c1)CCCO2.Oc1ccc2c(c1)CCCO2. The zero-order valence-electron chi connectivity index (χ0n) is 12.4. The molecule has 0 atom stereocenters. The van der Waals surface area contributed by atoms with Gasteiger partial charge in [-0.2, -0.15) is 0 Å². The van der Waals surface area contributed by atoms with Gasteiger partial charge >= 0.3 is 0 Å². The fourth-order valence-corrected chi connectivity index (χ4v) is 2.69. The normalized spacial score (nSPS) is 15.3. The van der Waals surface area contributed by atoms with E-state index in [0.29, 0.717) is 11.5 Å². The molecule has 0 saturated carbocycles. The first kappa shape index (κ1) is 14.6. The van der Waals surface area contributed by atoms with Crippen molar-refractivity contribution in [3.63, 3.8) is 0 Å². The van der Waals surface area contributed by atoms with E-state index in [0.717, 1.165) is 61.5 Å². The molecule has 0 aliphatic carbocycles. The monoisotopic (exact) mass is 300 g/mol. The zero-order valence-corrected chi connectivity index (χ0v) is 12.4. The van der Waals surface area contributed by atoms with Crippen LogP contribution < -0.4 is 9.47 Å². The van der Waals surface area contributed by atoms with Crippen LogP contribution in [0.5, 0.6) is 23.0 Å². The van der Waals surface area contributed by atoms with Crippen molar-refractivity contribution in [3.05, 3.63) is 47.5 Å². The summed E-state index contributed by atoms with van der Waals surface area (Å²) in [4.78, 5) is 0. The Hall–Kier alpha value is -2.36. The smallest absolute Gasteiger partial charge is 0.122 e. The van der Waals surface area contributed by atoms with Gasteiger partial charge in [-0.05, 0) is 73.2 Å². The molecule has 0 aromatic heterocycles. The third kappa shape index (κ3) is 3.45. The number of fused-ring (bicyclic) bond motifs is 2. The van der Waals surface area contributed by atoms with Crippen molar-refractivity contribution in [2.75, 3.05) is 13.2 Å². The Bertz CT molecular complexity index is 594. The molecular formula is C18H20O4. The number of benzene rings is 2. The molecule has 0 radical (unpaired) electrons. The molecule has 0 saturated heterocycles. The van der Waals surface area contributed by atoms with Gasteiger partial charge in [-0.3, -0.25) is 0 Å². The van der Waals surface area contributed by atoms with Gasteiger partial charge in [0, 0.05) is 0 Å². The maximum Gasteiger partial charge on any atom is 0.122 e. The van der Waals surface area contributed by atoms with Crippen LogP contribution in [-0.2, 0) is 12.8 Å². The quantitative estimate of drug-likeness (QED) is 0.782. The van der Waals surface area contributed by atoms with Crippen molar-refractivity contribution in [3.8, 4) is 23.0 Å². The highest BCUT2D eigenvalue weighted by molar-refractivity contribution is 5.41.